The van der Waals surface area contributed by atoms with Gasteiger partial charge in [-0.15, -0.1) is 65.2 Å². The van der Waals surface area contributed by atoms with E-state index < -0.39 is 13.7 Å². The summed E-state index contributed by atoms with van der Waals surface area (Å²) >= 11 is 0. The molecule has 0 unspecified atom stereocenters. The van der Waals surface area contributed by atoms with Crippen molar-refractivity contribution in [1.29, 1.82) is 0 Å². The van der Waals surface area contributed by atoms with Crippen LogP contribution in [0.3, 0.4) is 0 Å². The third kappa shape index (κ3) is 7.23. The van der Waals surface area contributed by atoms with Crippen LogP contribution in [0.5, 0.6) is 0 Å². The predicted octanol–water partition coefficient (Wildman–Crippen LogP) is 9.05. The van der Waals surface area contributed by atoms with Gasteiger partial charge >= 0.3 is 0 Å². The number of hydrogen-bond acceptors (Lipinski definition) is 2. The van der Waals surface area contributed by atoms with Crippen molar-refractivity contribution < 1.29 is 28.3 Å². The molecule has 0 aliphatic rings. The molecule has 0 atom stereocenters. The van der Waals surface area contributed by atoms with Gasteiger partial charge in [0.25, 0.3) is 0 Å². The van der Waals surface area contributed by atoms with E-state index in [9.17, 15) is 0 Å². The topological polar surface area (TPSA) is 25.8 Å². The SMILES string of the molecule is [2H]C([2H])([2H])c1ccc(-c2[c-]cc(C([2H])([2H])[2H])c(-c3ccccc3)c2)nc1.[Ir].[c-]1ccccc1-c1cc(-c2ccccc2)ccn1. The minimum atomic E-state index is -2.27. The summed E-state index contributed by atoms with van der Waals surface area (Å²) in [5, 5.41) is 0. The Bertz CT molecular complexity index is 1750. The van der Waals surface area contributed by atoms with Crippen molar-refractivity contribution in [2.24, 2.45) is 0 Å². The van der Waals surface area contributed by atoms with E-state index in [-0.39, 0.29) is 31.2 Å². The van der Waals surface area contributed by atoms with E-state index >= 15 is 0 Å². The van der Waals surface area contributed by atoms with Crippen molar-refractivity contribution in [1.82, 2.24) is 9.97 Å². The molecule has 0 saturated carbocycles. The summed E-state index contributed by atoms with van der Waals surface area (Å²) in [6.45, 7) is -4.48. The number of aromatic nitrogens is 2. The van der Waals surface area contributed by atoms with Gasteiger partial charge < -0.3 is 9.97 Å². The average molecular weight is 687 g/mol. The summed E-state index contributed by atoms with van der Waals surface area (Å²) < 4.78 is 45.6. The molecule has 193 valence electrons. The number of aryl methyl sites for hydroxylation is 2. The molecule has 3 heteroatoms. The van der Waals surface area contributed by atoms with Crippen molar-refractivity contribution >= 4 is 0 Å². The molecule has 2 nitrogen and oxygen atoms in total. The second-order valence-corrected chi connectivity index (χ2v) is 8.54. The number of hydrogen-bond donors (Lipinski definition) is 0. The zero-order valence-electron chi connectivity index (χ0n) is 26.9. The second kappa shape index (κ2) is 13.6. The number of benzene rings is 4. The molecule has 4 aromatic carbocycles. The first kappa shape index (κ1) is 20.7. The van der Waals surface area contributed by atoms with Gasteiger partial charge in [0.05, 0.1) is 0 Å². The molecule has 0 aliphatic carbocycles. The molecular weight excluding hydrogens is 653 g/mol. The Labute approximate surface area is 253 Å². The molecule has 6 aromatic rings. The van der Waals surface area contributed by atoms with Crippen LogP contribution in [-0.2, 0) is 20.1 Å². The van der Waals surface area contributed by atoms with Gasteiger partial charge in [0, 0.05) is 40.7 Å². The predicted molar refractivity (Wildman–Crippen MR) is 157 cm³/mol. The number of pyridine rings is 2. The minimum Gasteiger partial charge on any atom is -0.305 e. The molecule has 6 rings (SSSR count). The fourth-order valence-corrected chi connectivity index (χ4v) is 3.99. The molecule has 2 heterocycles. The Morgan fingerprint density at radius 3 is 2.05 bits per heavy atom. The van der Waals surface area contributed by atoms with Gasteiger partial charge in [0.15, 0.2) is 0 Å². The molecule has 2 aromatic heterocycles. The van der Waals surface area contributed by atoms with Gasteiger partial charge in [-0.25, -0.2) is 0 Å². The molecule has 0 saturated heterocycles. The van der Waals surface area contributed by atoms with Crippen LogP contribution in [0.1, 0.15) is 19.4 Å². The summed E-state index contributed by atoms with van der Waals surface area (Å²) in [5.41, 5.74) is 7.24. The Morgan fingerprint density at radius 1 is 0.615 bits per heavy atom. The van der Waals surface area contributed by atoms with Crippen molar-refractivity contribution in [3.8, 4) is 44.8 Å². The van der Waals surface area contributed by atoms with Crippen LogP contribution in [0, 0.1) is 25.8 Å². The summed E-state index contributed by atoms with van der Waals surface area (Å²) in [7, 11) is 0. The fraction of sp³-hybridized carbons (Fsp3) is 0.0556. The first-order valence-corrected chi connectivity index (χ1v) is 12.2. The Morgan fingerprint density at radius 2 is 1.38 bits per heavy atom. The molecule has 0 bridgehead atoms. The third-order valence-electron chi connectivity index (χ3n) is 5.93. The van der Waals surface area contributed by atoms with Crippen molar-refractivity contribution in [3.63, 3.8) is 0 Å². The fourth-order valence-electron chi connectivity index (χ4n) is 3.99. The molecular formula is C36H28IrN2-2. The zero-order chi connectivity index (χ0) is 31.2. The standard InChI is InChI=1S/C19H16N.C17H12N.Ir/c1-14-8-11-19(20-13-14)17-10-9-15(2)18(12-17)16-6-4-3-5-7-16;1-3-7-14(8-4-1)16-11-12-18-17(13-16)15-9-5-2-6-10-15;/h3-9,11-13H,1-2H3;1-9,11-13H;/q2*-1;/i1D3,2D3;;. The Balaban J connectivity index is 0.000000213. The van der Waals surface area contributed by atoms with E-state index in [1.54, 1.807) is 12.1 Å². The molecule has 0 amide bonds. The van der Waals surface area contributed by atoms with Crippen LogP contribution < -0.4 is 0 Å². The Hall–Kier alpha value is -4.17. The minimum absolute atomic E-state index is 0. The van der Waals surface area contributed by atoms with Gasteiger partial charge in [-0.2, -0.15) is 0 Å². The van der Waals surface area contributed by atoms with E-state index in [1.165, 1.54) is 29.5 Å². The van der Waals surface area contributed by atoms with Gasteiger partial charge in [0.1, 0.15) is 0 Å². The second-order valence-electron chi connectivity index (χ2n) is 8.54. The van der Waals surface area contributed by atoms with Crippen LogP contribution in [0.15, 0.2) is 134 Å². The van der Waals surface area contributed by atoms with Gasteiger partial charge in [-0.05, 0) is 46.6 Å². The first-order chi connectivity index (χ1) is 21.1. The van der Waals surface area contributed by atoms with Gasteiger partial charge in [-0.3, -0.25) is 0 Å². The van der Waals surface area contributed by atoms with Crippen molar-refractivity contribution in [3.05, 3.63) is 157 Å². The maximum absolute atomic E-state index is 7.77. The summed E-state index contributed by atoms with van der Waals surface area (Å²) in [5.74, 6) is 0. The quantitative estimate of drug-likeness (QED) is 0.173. The Kier molecular flexibility index (Phi) is 7.22. The number of rotatable bonds is 4. The monoisotopic (exact) mass is 687 g/mol. The largest absolute Gasteiger partial charge is 0.305 e. The smallest absolute Gasteiger partial charge is 0.0280 e. The van der Waals surface area contributed by atoms with E-state index in [4.69, 9.17) is 8.22 Å². The normalized spacial score (nSPS) is 13.0. The van der Waals surface area contributed by atoms with Crippen molar-refractivity contribution in [2.45, 2.75) is 13.7 Å². The van der Waals surface area contributed by atoms with Crippen LogP contribution in [0.25, 0.3) is 44.8 Å². The van der Waals surface area contributed by atoms with E-state index in [0.717, 1.165) is 16.8 Å². The van der Waals surface area contributed by atoms with Crippen LogP contribution in [0.2, 0.25) is 0 Å². The first-order valence-electron chi connectivity index (χ1n) is 15.2. The van der Waals surface area contributed by atoms with E-state index in [1.807, 2.05) is 85.1 Å². The van der Waals surface area contributed by atoms with Crippen LogP contribution in [-0.4, -0.2) is 9.97 Å². The summed E-state index contributed by atoms with van der Waals surface area (Å²) in [4.78, 5) is 8.61. The maximum Gasteiger partial charge on any atom is 0.0280 e. The molecule has 0 spiro atoms. The molecule has 39 heavy (non-hydrogen) atoms. The third-order valence-corrected chi connectivity index (χ3v) is 5.93. The molecule has 0 aliphatic heterocycles. The van der Waals surface area contributed by atoms with Crippen LogP contribution >= 0.6 is 0 Å². The maximum atomic E-state index is 7.77. The van der Waals surface area contributed by atoms with Gasteiger partial charge in [-0.1, -0.05) is 91.3 Å². The molecule has 1 radical (unpaired) electrons. The van der Waals surface area contributed by atoms with E-state index in [0.29, 0.717) is 16.8 Å². The molecule has 0 N–H and O–H groups in total. The summed E-state index contributed by atoms with van der Waals surface area (Å²) in [6.07, 6.45) is 3.16. The van der Waals surface area contributed by atoms with Gasteiger partial charge in [0.2, 0.25) is 0 Å². The van der Waals surface area contributed by atoms with Crippen molar-refractivity contribution in [2.75, 3.05) is 0 Å². The zero-order valence-corrected chi connectivity index (χ0v) is 23.3. The summed E-state index contributed by atoms with van der Waals surface area (Å²) in [6, 6.07) is 44.1. The van der Waals surface area contributed by atoms with Crippen LogP contribution in [0.4, 0.5) is 0 Å². The molecule has 0 fully saturated rings. The van der Waals surface area contributed by atoms with E-state index in [2.05, 4.69) is 40.3 Å². The average Bonchev–Trinajstić information content (AvgIpc) is 3.05. The number of nitrogens with zero attached hydrogens (tertiary/aromatic N) is 2.